The van der Waals surface area contributed by atoms with E-state index in [2.05, 4.69) is 19.1 Å². The Morgan fingerprint density at radius 1 is 1.00 bits per heavy atom. The molecule has 1 aliphatic carbocycles. The van der Waals surface area contributed by atoms with Crippen molar-refractivity contribution in [3.05, 3.63) is 35.9 Å². The van der Waals surface area contributed by atoms with Gasteiger partial charge in [0, 0.05) is 18.8 Å². The van der Waals surface area contributed by atoms with E-state index in [4.69, 9.17) is 4.74 Å². The number of ether oxygens (including phenoxy) is 1. The summed E-state index contributed by atoms with van der Waals surface area (Å²) in [6.45, 7) is 7.86. The maximum Gasteiger partial charge on any atom is 0.310 e. The van der Waals surface area contributed by atoms with Crippen molar-refractivity contribution in [2.45, 2.75) is 84.2 Å². The molecule has 0 unspecified atom stereocenters. The first-order chi connectivity index (χ1) is 12.3. The summed E-state index contributed by atoms with van der Waals surface area (Å²) in [5.41, 5.74) is 0.651. The Hall–Kier alpha value is -1.64. The molecule has 1 saturated carbocycles. The molecule has 3 nitrogen and oxygen atoms in total. The van der Waals surface area contributed by atoms with Gasteiger partial charge in [0.2, 0.25) is 0 Å². The van der Waals surface area contributed by atoms with Gasteiger partial charge in [0.15, 0.2) is 0 Å². The highest BCUT2D eigenvalue weighted by atomic mass is 16.6. The molecule has 3 atom stereocenters. The van der Waals surface area contributed by atoms with Crippen LogP contribution in [0.2, 0.25) is 0 Å². The molecule has 26 heavy (non-hydrogen) atoms. The maximum atomic E-state index is 12.6. The molecule has 0 aliphatic heterocycles. The van der Waals surface area contributed by atoms with Crippen LogP contribution in [-0.4, -0.2) is 17.4 Å². The normalized spacial score (nSPS) is 22.1. The molecule has 0 radical (unpaired) electrons. The smallest absolute Gasteiger partial charge is 0.310 e. The number of benzene rings is 1. The summed E-state index contributed by atoms with van der Waals surface area (Å²) >= 11 is 0. The Labute approximate surface area is 158 Å². The van der Waals surface area contributed by atoms with Crippen LogP contribution in [0.4, 0.5) is 0 Å². The highest BCUT2D eigenvalue weighted by Crippen LogP contribution is 2.57. The molecule has 1 aromatic carbocycles. The van der Waals surface area contributed by atoms with Crippen molar-refractivity contribution >= 4 is 11.8 Å². The van der Waals surface area contributed by atoms with Crippen LogP contribution in [0.3, 0.4) is 0 Å². The third-order valence-corrected chi connectivity index (χ3v) is 5.05. The molecule has 1 aliphatic rings. The summed E-state index contributed by atoms with van der Waals surface area (Å²) in [5.74, 6) is 0.164. The molecule has 1 fully saturated rings. The van der Waals surface area contributed by atoms with E-state index in [1.54, 1.807) is 0 Å². The van der Waals surface area contributed by atoms with E-state index in [1.807, 2.05) is 39.0 Å². The molecule has 0 spiro atoms. The van der Waals surface area contributed by atoms with Crippen LogP contribution in [0.25, 0.3) is 0 Å². The summed E-state index contributed by atoms with van der Waals surface area (Å²) in [6, 6.07) is 10.1. The van der Waals surface area contributed by atoms with Crippen molar-refractivity contribution in [2.24, 2.45) is 11.8 Å². The van der Waals surface area contributed by atoms with Crippen molar-refractivity contribution in [3.63, 3.8) is 0 Å². The number of rotatable bonds is 10. The Balaban J connectivity index is 1.93. The molecule has 144 valence electrons. The van der Waals surface area contributed by atoms with Gasteiger partial charge in [-0.3, -0.25) is 9.59 Å². The number of hydrogen-bond acceptors (Lipinski definition) is 3. The fourth-order valence-corrected chi connectivity index (χ4v) is 3.74. The van der Waals surface area contributed by atoms with Crippen LogP contribution in [0.1, 0.15) is 84.1 Å². The monoisotopic (exact) mass is 358 g/mol. The Bertz CT molecular complexity index is 585. The fourth-order valence-electron chi connectivity index (χ4n) is 3.74. The predicted octanol–water partition coefficient (Wildman–Crippen LogP) is 5.68. The van der Waals surface area contributed by atoms with Crippen molar-refractivity contribution in [1.29, 1.82) is 0 Å². The van der Waals surface area contributed by atoms with Gasteiger partial charge in [-0.25, -0.2) is 0 Å². The summed E-state index contributed by atoms with van der Waals surface area (Å²) in [5, 5.41) is 0. The van der Waals surface area contributed by atoms with E-state index >= 15 is 0 Å². The van der Waals surface area contributed by atoms with E-state index in [-0.39, 0.29) is 23.7 Å². The van der Waals surface area contributed by atoms with Crippen molar-refractivity contribution in [2.75, 3.05) is 0 Å². The second kappa shape index (κ2) is 9.34. The van der Waals surface area contributed by atoms with Gasteiger partial charge >= 0.3 is 5.97 Å². The van der Waals surface area contributed by atoms with Crippen LogP contribution in [-0.2, 0) is 14.3 Å². The van der Waals surface area contributed by atoms with Gasteiger partial charge in [-0.1, -0.05) is 62.9 Å². The van der Waals surface area contributed by atoms with Crippen LogP contribution >= 0.6 is 0 Å². The average Bonchev–Trinajstić information content (AvgIpc) is 3.28. The molecule has 2 rings (SSSR count). The zero-order chi connectivity index (χ0) is 19.2. The van der Waals surface area contributed by atoms with E-state index in [1.165, 1.54) is 19.3 Å². The summed E-state index contributed by atoms with van der Waals surface area (Å²) in [4.78, 5) is 25.0. The molecule has 3 heteroatoms. The number of carbonyl (C=O) groups excluding carboxylic acids is 2. The van der Waals surface area contributed by atoms with E-state index in [0.29, 0.717) is 18.6 Å². The van der Waals surface area contributed by atoms with Gasteiger partial charge < -0.3 is 4.74 Å². The zero-order valence-electron chi connectivity index (χ0n) is 16.8. The van der Waals surface area contributed by atoms with Crippen molar-refractivity contribution in [3.8, 4) is 0 Å². The number of carbonyl (C=O) groups is 2. The summed E-state index contributed by atoms with van der Waals surface area (Å²) in [6.07, 6.45) is 6.90. The lowest BCUT2D eigenvalue weighted by Crippen LogP contribution is -2.25. The van der Waals surface area contributed by atoms with Crippen LogP contribution < -0.4 is 0 Å². The molecule has 0 amide bonds. The molecule has 0 saturated heterocycles. The second-order valence-electron chi connectivity index (χ2n) is 8.57. The standard InChI is InChI=1S/C23H34O3/c1-5-6-7-8-12-15-18(24)16-19-20(17-13-10-9-11-14-17)21(19)22(25)26-23(2,3)4/h9-11,13-14,19-21H,5-8,12,15-16H2,1-4H3/t19-,20-,21+/m1/s1. The quantitative estimate of drug-likeness (QED) is 0.399. The van der Waals surface area contributed by atoms with Gasteiger partial charge in [-0.15, -0.1) is 0 Å². The number of unbranched alkanes of at least 4 members (excludes halogenated alkanes) is 4. The Morgan fingerprint density at radius 2 is 1.65 bits per heavy atom. The zero-order valence-corrected chi connectivity index (χ0v) is 16.8. The van der Waals surface area contributed by atoms with Gasteiger partial charge in [0.25, 0.3) is 0 Å². The van der Waals surface area contributed by atoms with Crippen LogP contribution in [0.5, 0.6) is 0 Å². The summed E-state index contributed by atoms with van der Waals surface area (Å²) < 4.78 is 5.60. The third-order valence-electron chi connectivity index (χ3n) is 5.05. The SMILES string of the molecule is CCCCCCCC(=O)C[C@H]1[C@H](C(=O)OC(C)(C)C)[C@@H]1c1ccccc1. The maximum absolute atomic E-state index is 12.6. The first-order valence-corrected chi connectivity index (χ1v) is 10.1. The molecular weight excluding hydrogens is 324 g/mol. The lowest BCUT2D eigenvalue weighted by molar-refractivity contribution is -0.157. The summed E-state index contributed by atoms with van der Waals surface area (Å²) in [7, 11) is 0. The molecule has 0 aromatic heterocycles. The Morgan fingerprint density at radius 3 is 2.27 bits per heavy atom. The number of esters is 1. The van der Waals surface area contributed by atoms with Gasteiger partial charge in [0.05, 0.1) is 5.92 Å². The minimum absolute atomic E-state index is 0.0930. The topological polar surface area (TPSA) is 43.4 Å². The lowest BCUT2D eigenvalue weighted by Gasteiger charge is -2.19. The molecule has 0 bridgehead atoms. The largest absolute Gasteiger partial charge is 0.460 e. The van der Waals surface area contributed by atoms with Gasteiger partial charge in [-0.2, -0.15) is 0 Å². The lowest BCUT2D eigenvalue weighted by atomic mass is 10.0. The third kappa shape index (κ3) is 6.26. The van der Waals surface area contributed by atoms with E-state index in [9.17, 15) is 9.59 Å². The molecular formula is C23H34O3. The van der Waals surface area contributed by atoms with Crippen molar-refractivity contribution < 1.29 is 14.3 Å². The van der Waals surface area contributed by atoms with E-state index in [0.717, 1.165) is 18.4 Å². The minimum Gasteiger partial charge on any atom is -0.460 e. The molecule has 1 aromatic rings. The first-order valence-electron chi connectivity index (χ1n) is 10.1. The Kier molecular flexibility index (Phi) is 7.43. The number of Topliss-reactive ketones (excluding diaryl/α,β-unsaturated/α-hetero) is 1. The van der Waals surface area contributed by atoms with Gasteiger partial charge in [0.1, 0.15) is 11.4 Å². The van der Waals surface area contributed by atoms with E-state index < -0.39 is 5.60 Å². The number of ketones is 1. The minimum atomic E-state index is -0.491. The highest BCUT2D eigenvalue weighted by Gasteiger charge is 2.57. The van der Waals surface area contributed by atoms with Crippen LogP contribution in [0.15, 0.2) is 30.3 Å². The highest BCUT2D eigenvalue weighted by molar-refractivity contribution is 5.84. The molecule has 0 N–H and O–H groups in total. The van der Waals surface area contributed by atoms with Crippen molar-refractivity contribution in [1.82, 2.24) is 0 Å². The van der Waals surface area contributed by atoms with Crippen LogP contribution in [0, 0.1) is 11.8 Å². The first kappa shape index (κ1) is 20.7. The average molecular weight is 359 g/mol. The number of hydrogen-bond donors (Lipinski definition) is 0. The molecule has 0 heterocycles. The predicted molar refractivity (Wildman–Crippen MR) is 105 cm³/mol. The second-order valence-corrected chi connectivity index (χ2v) is 8.57. The fraction of sp³-hybridized carbons (Fsp3) is 0.652. The van der Waals surface area contributed by atoms with Gasteiger partial charge in [-0.05, 0) is 38.7 Å².